The Morgan fingerprint density at radius 1 is 1.07 bits per heavy atom. The van der Waals surface area contributed by atoms with Crippen molar-refractivity contribution in [3.8, 4) is 6.07 Å². The van der Waals surface area contributed by atoms with E-state index < -0.39 is 24.4 Å². The van der Waals surface area contributed by atoms with Crippen LogP contribution in [0.2, 0.25) is 5.02 Å². The van der Waals surface area contributed by atoms with Crippen molar-refractivity contribution in [2.24, 2.45) is 0 Å². The number of ether oxygens (including phenoxy) is 1. The molecule has 0 bridgehead atoms. The van der Waals surface area contributed by atoms with Gasteiger partial charge in [-0.05, 0) is 36.4 Å². The van der Waals surface area contributed by atoms with Crippen molar-refractivity contribution < 1.29 is 19.1 Å². The van der Waals surface area contributed by atoms with Gasteiger partial charge in [-0.3, -0.25) is 14.4 Å². The van der Waals surface area contributed by atoms with Gasteiger partial charge in [0.15, 0.2) is 6.61 Å². The molecular weight excluding hydrogens is 382 g/mol. The molecule has 2 aromatic carbocycles. The second-order valence-electron chi connectivity index (χ2n) is 5.64. The van der Waals surface area contributed by atoms with Crippen LogP contribution in [0.3, 0.4) is 0 Å². The topological polar surface area (TPSA) is 99.5 Å². The number of rotatable bonds is 8. The minimum Gasteiger partial charge on any atom is -0.454 e. The molecule has 2 amide bonds. The fourth-order valence-electron chi connectivity index (χ4n) is 2.29. The van der Waals surface area contributed by atoms with Gasteiger partial charge < -0.3 is 15.0 Å². The highest BCUT2D eigenvalue weighted by Gasteiger charge is 2.17. The summed E-state index contributed by atoms with van der Waals surface area (Å²) in [5.41, 5.74) is 0.954. The molecule has 0 aliphatic heterocycles. The van der Waals surface area contributed by atoms with E-state index in [9.17, 15) is 14.4 Å². The third-order valence-corrected chi connectivity index (χ3v) is 3.92. The molecule has 2 aromatic rings. The zero-order chi connectivity index (χ0) is 20.4. The molecule has 0 aliphatic rings. The van der Waals surface area contributed by atoms with E-state index in [0.29, 0.717) is 16.3 Å². The van der Waals surface area contributed by atoms with E-state index in [1.54, 1.807) is 42.5 Å². The quantitative estimate of drug-likeness (QED) is 0.687. The van der Waals surface area contributed by atoms with Gasteiger partial charge >= 0.3 is 5.97 Å². The van der Waals surface area contributed by atoms with Crippen LogP contribution in [0.1, 0.15) is 16.8 Å². The summed E-state index contributed by atoms with van der Waals surface area (Å²) >= 11 is 5.76. The molecule has 0 spiro atoms. The van der Waals surface area contributed by atoms with Crippen molar-refractivity contribution in [3.05, 3.63) is 65.2 Å². The predicted molar refractivity (Wildman–Crippen MR) is 104 cm³/mol. The molecular formula is C20H18ClN3O4. The van der Waals surface area contributed by atoms with Crippen molar-refractivity contribution in [2.45, 2.75) is 6.42 Å². The first kappa shape index (κ1) is 20.9. The second-order valence-corrected chi connectivity index (χ2v) is 6.08. The number of amides is 2. The molecule has 144 valence electrons. The van der Waals surface area contributed by atoms with Gasteiger partial charge in [0, 0.05) is 22.8 Å². The molecule has 8 heteroatoms. The van der Waals surface area contributed by atoms with Crippen molar-refractivity contribution in [3.63, 3.8) is 0 Å². The highest BCUT2D eigenvalue weighted by Crippen LogP contribution is 2.14. The second kappa shape index (κ2) is 10.7. The summed E-state index contributed by atoms with van der Waals surface area (Å²) in [7, 11) is 0. The molecule has 0 fully saturated rings. The van der Waals surface area contributed by atoms with Crippen molar-refractivity contribution in [2.75, 3.05) is 24.6 Å². The Bertz CT molecular complexity index is 863. The Morgan fingerprint density at radius 2 is 1.75 bits per heavy atom. The maximum atomic E-state index is 12.4. The van der Waals surface area contributed by atoms with Gasteiger partial charge in [-0.2, -0.15) is 5.26 Å². The van der Waals surface area contributed by atoms with Crippen LogP contribution in [0.25, 0.3) is 0 Å². The number of anilines is 1. The first-order chi connectivity index (χ1) is 13.5. The third-order valence-electron chi connectivity index (χ3n) is 3.67. The maximum Gasteiger partial charge on any atom is 0.325 e. The van der Waals surface area contributed by atoms with E-state index in [1.807, 2.05) is 6.07 Å². The molecule has 0 heterocycles. The average molecular weight is 400 g/mol. The molecule has 7 nitrogen and oxygen atoms in total. The minimum atomic E-state index is -0.746. The Morgan fingerprint density at radius 3 is 2.39 bits per heavy atom. The lowest BCUT2D eigenvalue weighted by molar-refractivity contribution is -0.146. The third kappa shape index (κ3) is 6.41. The van der Waals surface area contributed by atoms with E-state index in [1.165, 1.54) is 17.0 Å². The summed E-state index contributed by atoms with van der Waals surface area (Å²) < 4.78 is 4.94. The first-order valence-electron chi connectivity index (χ1n) is 8.43. The standard InChI is InChI=1S/C20H18ClN3O4/c21-16-9-7-15(8-10-16)20(27)23-13-19(26)28-14-18(25)24(12-4-11-22)17-5-2-1-3-6-17/h1-3,5-10H,4,12-14H2,(H,23,27). The Balaban J connectivity index is 1.84. The first-order valence-corrected chi connectivity index (χ1v) is 8.81. The molecule has 0 aliphatic carbocycles. The number of para-hydroxylation sites is 1. The highest BCUT2D eigenvalue weighted by molar-refractivity contribution is 6.30. The number of esters is 1. The van der Waals surface area contributed by atoms with Gasteiger partial charge in [0.25, 0.3) is 11.8 Å². The molecule has 0 aromatic heterocycles. The van der Waals surface area contributed by atoms with Gasteiger partial charge in [0.1, 0.15) is 6.54 Å². The SMILES string of the molecule is N#CCCN(C(=O)COC(=O)CNC(=O)c1ccc(Cl)cc1)c1ccccc1. The van der Waals surface area contributed by atoms with Gasteiger partial charge in [0.05, 0.1) is 12.5 Å². The fraction of sp³-hybridized carbons (Fsp3) is 0.200. The van der Waals surface area contributed by atoms with E-state index >= 15 is 0 Å². The predicted octanol–water partition coefficient (Wildman–Crippen LogP) is 2.56. The van der Waals surface area contributed by atoms with Crippen molar-refractivity contribution >= 4 is 35.1 Å². The summed E-state index contributed by atoms with van der Waals surface area (Å²) in [6, 6.07) is 16.9. The van der Waals surface area contributed by atoms with E-state index in [0.717, 1.165) is 0 Å². The molecule has 0 radical (unpaired) electrons. The highest BCUT2D eigenvalue weighted by atomic mass is 35.5. The molecule has 28 heavy (non-hydrogen) atoms. The van der Waals surface area contributed by atoms with Crippen LogP contribution in [0.5, 0.6) is 0 Å². The molecule has 1 N–H and O–H groups in total. The van der Waals surface area contributed by atoms with Crippen molar-refractivity contribution in [1.29, 1.82) is 5.26 Å². The number of hydrogen-bond acceptors (Lipinski definition) is 5. The zero-order valence-electron chi connectivity index (χ0n) is 14.9. The number of nitrogens with one attached hydrogen (secondary N) is 1. The zero-order valence-corrected chi connectivity index (χ0v) is 15.7. The number of benzene rings is 2. The minimum absolute atomic E-state index is 0.145. The monoisotopic (exact) mass is 399 g/mol. The summed E-state index contributed by atoms with van der Waals surface area (Å²) in [5.74, 6) is -1.66. The maximum absolute atomic E-state index is 12.4. The summed E-state index contributed by atoms with van der Waals surface area (Å²) in [5, 5.41) is 11.7. The van der Waals surface area contributed by atoms with E-state index in [2.05, 4.69) is 5.32 Å². The van der Waals surface area contributed by atoms with Gasteiger partial charge in [-0.15, -0.1) is 0 Å². The van der Waals surface area contributed by atoms with E-state index in [4.69, 9.17) is 21.6 Å². The molecule has 0 unspecified atom stereocenters. The van der Waals surface area contributed by atoms with Crippen LogP contribution in [0, 0.1) is 11.3 Å². The largest absolute Gasteiger partial charge is 0.454 e. The van der Waals surface area contributed by atoms with Gasteiger partial charge in [-0.25, -0.2) is 0 Å². The Labute approximate surface area is 167 Å². The van der Waals surface area contributed by atoms with Gasteiger partial charge in [0.2, 0.25) is 0 Å². The summed E-state index contributed by atoms with van der Waals surface area (Å²) in [6.45, 7) is -0.682. The number of carbonyl (C=O) groups is 3. The smallest absolute Gasteiger partial charge is 0.325 e. The van der Waals surface area contributed by atoms with Crippen LogP contribution in [-0.4, -0.2) is 37.5 Å². The number of nitriles is 1. The molecule has 0 atom stereocenters. The van der Waals surface area contributed by atoms with Crippen LogP contribution in [-0.2, 0) is 14.3 Å². The van der Waals surface area contributed by atoms with Crippen LogP contribution in [0.4, 0.5) is 5.69 Å². The van der Waals surface area contributed by atoms with Gasteiger partial charge in [-0.1, -0.05) is 29.8 Å². The van der Waals surface area contributed by atoms with Crippen LogP contribution < -0.4 is 10.2 Å². The Hall–Kier alpha value is -3.37. The molecule has 0 saturated carbocycles. The Kier molecular flexibility index (Phi) is 8.00. The number of halogens is 1. The normalized spacial score (nSPS) is 9.86. The summed E-state index contributed by atoms with van der Waals surface area (Å²) in [4.78, 5) is 37.5. The van der Waals surface area contributed by atoms with Crippen molar-refractivity contribution in [1.82, 2.24) is 5.32 Å². The summed E-state index contributed by atoms with van der Waals surface area (Å²) in [6.07, 6.45) is 0.145. The number of carbonyl (C=O) groups excluding carboxylic acids is 3. The lowest BCUT2D eigenvalue weighted by Gasteiger charge is -2.21. The lowest BCUT2D eigenvalue weighted by Crippen LogP contribution is -2.37. The molecule has 0 saturated heterocycles. The van der Waals surface area contributed by atoms with Crippen LogP contribution >= 0.6 is 11.6 Å². The van der Waals surface area contributed by atoms with E-state index in [-0.39, 0.29) is 19.5 Å². The van der Waals surface area contributed by atoms with Crippen LogP contribution in [0.15, 0.2) is 54.6 Å². The number of nitrogens with zero attached hydrogens (tertiary/aromatic N) is 2. The molecule has 2 rings (SSSR count). The fourth-order valence-corrected chi connectivity index (χ4v) is 2.42. The average Bonchev–Trinajstić information content (AvgIpc) is 2.72. The lowest BCUT2D eigenvalue weighted by atomic mass is 10.2. The number of hydrogen-bond donors (Lipinski definition) is 1.